The van der Waals surface area contributed by atoms with Crippen molar-refractivity contribution < 1.29 is 31.9 Å². The van der Waals surface area contributed by atoms with Crippen LogP contribution in [0, 0.1) is 29.0 Å². The first-order valence-electron chi connectivity index (χ1n) is 16.5. The smallest absolute Gasteiger partial charge is 0.404 e. The fourth-order valence-electron chi connectivity index (χ4n) is 8.42. The average molecular weight is 682 g/mol. The van der Waals surface area contributed by atoms with Crippen LogP contribution in [0.4, 0.5) is 19.3 Å². The van der Waals surface area contributed by atoms with Crippen molar-refractivity contribution >= 4 is 27.5 Å². The van der Waals surface area contributed by atoms with Crippen molar-refractivity contribution in [1.29, 1.82) is 5.26 Å². The molecule has 3 heterocycles. The fourth-order valence-corrected chi connectivity index (χ4v) is 10.1. The molecule has 3 saturated heterocycles. The molecule has 0 aromatic heterocycles. The van der Waals surface area contributed by atoms with Gasteiger partial charge in [0.15, 0.2) is 15.5 Å². The van der Waals surface area contributed by atoms with Crippen molar-refractivity contribution in [2.45, 2.75) is 59.4 Å². The average Bonchev–Trinajstić information content (AvgIpc) is 3.48. The number of carbonyl (C=O) groups is 2. The second kappa shape index (κ2) is 13.1. The quantitative estimate of drug-likeness (QED) is 0.358. The van der Waals surface area contributed by atoms with E-state index in [4.69, 9.17) is 0 Å². The Morgan fingerprint density at radius 1 is 1.10 bits per heavy atom. The molecule has 2 aromatic rings. The van der Waals surface area contributed by atoms with Crippen LogP contribution in [0.25, 0.3) is 0 Å². The summed E-state index contributed by atoms with van der Waals surface area (Å²) in [6.07, 6.45) is 3.26. The molecule has 4 aliphatic rings. The van der Waals surface area contributed by atoms with E-state index in [1.807, 2.05) is 4.90 Å². The molecular formula is C35H41F2N5O5S. The number of anilines is 1. The van der Waals surface area contributed by atoms with Gasteiger partial charge < -0.3 is 20.2 Å². The van der Waals surface area contributed by atoms with E-state index in [-0.39, 0.29) is 55.4 Å². The van der Waals surface area contributed by atoms with Gasteiger partial charge in [-0.25, -0.2) is 22.0 Å². The van der Waals surface area contributed by atoms with Crippen molar-refractivity contribution in [2.24, 2.45) is 11.8 Å². The van der Waals surface area contributed by atoms with Crippen molar-refractivity contribution in [2.75, 3.05) is 50.7 Å². The lowest BCUT2D eigenvalue weighted by atomic mass is 9.59. The molecule has 10 nitrogen and oxygen atoms in total. The van der Waals surface area contributed by atoms with E-state index in [1.54, 1.807) is 24.3 Å². The highest BCUT2D eigenvalue weighted by molar-refractivity contribution is 7.92. The van der Waals surface area contributed by atoms with Gasteiger partial charge >= 0.3 is 6.09 Å². The minimum Gasteiger partial charge on any atom is -0.465 e. The van der Waals surface area contributed by atoms with Crippen molar-refractivity contribution in [3.8, 4) is 6.07 Å². The molecule has 4 fully saturated rings. The summed E-state index contributed by atoms with van der Waals surface area (Å²) < 4.78 is 56.4. The number of nitriles is 1. The predicted molar refractivity (Wildman–Crippen MR) is 175 cm³/mol. The molecular weight excluding hydrogens is 640 g/mol. The van der Waals surface area contributed by atoms with E-state index in [0.29, 0.717) is 44.3 Å². The number of amides is 2. The molecule has 3 atom stereocenters. The Morgan fingerprint density at radius 3 is 2.40 bits per heavy atom. The number of nitrogens with one attached hydrogen (secondary N) is 1. The number of piperidine rings is 1. The topological polar surface area (TPSA) is 134 Å². The predicted octanol–water partition coefficient (Wildman–Crippen LogP) is 4.13. The second-order valence-electron chi connectivity index (χ2n) is 13.8. The maximum atomic E-state index is 15.9. The Hall–Kier alpha value is -4.02. The van der Waals surface area contributed by atoms with Crippen molar-refractivity contribution in [3.05, 3.63) is 72.6 Å². The maximum absolute atomic E-state index is 15.9. The number of hydrogen-bond acceptors (Lipinski definition) is 7. The highest BCUT2D eigenvalue weighted by Gasteiger charge is 2.53. The summed E-state index contributed by atoms with van der Waals surface area (Å²) in [5, 5.41) is 22.2. The van der Waals surface area contributed by atoms with Gasteiger partial charge in [0, 0.05) is 37.3 Å². The molecule has 13 heteroatoms. The molecule has 48 heavy (non-hydrogen) atoms. The zero-order valence-corrected chi connectivity index (χ0v) is 27.5. The molecule has 2 N–H and O–H groups in total. The Kier molecular flexibility index (Phi) is 9.26. The third-order valence-corrected chi connectivity index (χ3v) is 13.0. The third kappa shape index (κ3) is 6.28. The van der Waals surface area contributed by atoms with Crippen LogP contribution >= 0.6 is 0 Å². The number of carboxylic acid groups (broad SMARTS) is 1. The number of benzene rings is 2. The van der Waals surface area contributed by atoms with E-state index in [9.17, 15) is 32.8 Å². The number of hydrogen-bond donors (Lipinski definition) is 2. The first kappa shape index (κ1) is 33.9. The molecule has 0 radical (unpaired) electrons. The minimum atomic E-state index is -3.60. The van der Waals surface area contributed by atoms with Gasteiger partial charge in [0.05, 0.1) is 29.5 Å². The van der Waals surface area contributed by atoms with Crippen LogP contribution in [0.3, 0.4) is 0 Å². The zero-order chi connectivity index (χ0) is 34.3. The Balaban J connectivity index is 1.07. The standard InChI is InChI=1S/C35H41F2N5O5S/c1-2-32(43)41-18-29(19-41)48(46,47)28-11-9-27(10-12-28)42-22-34(37,23-42)21-40-15-13-24(14-16-40)35(20-38,25-5-3-6-26(36)17-25)30-7-4-8-31(30)39-33(44)45/h2-3,5-6,9-12,17,24,29-31,39H,1,4,7-8,13-16,18-19,21-23H2,(H,44,45)/t30-,31-,35?/m0/s1. The summed E-state index contributed by atoms with van der Waals surface area (Å²) in [7, 11) is -3.60. The van der Waals surface area contributed by atoms with Gasteiger partial charge in [0.2, 0.25) is 5.91 Å². The SMILES string of the molecule is C=CC(=O)N1CC(S(=O)(=O)c2ccc(N3CC(F)(CN4CCC(C(C#N)(c5cccc(F)c5)[C@H]5CCC[C@@H]5NC(=O)O)CC4)C3)cc2)C1. The molecule has 2 aromatic carbocycles. The van der Waals surface area contributed by atoms with Crippen molar-refractivity contribution in [3.63, 3.8) is 0 Å². The summed E-state index contributed by atoms with van der Waals surface area (Å²) in [6, 6.07) is 14.7. The lowest BCUT2D eigenvalue weighted by Crippen LogP contribution is -2.64. The number of nitrogens with zero attached hydrogens (tertiary/aromatic N) is 4. The molecule has 0 bridgehead atoms. The molecule has 1 saturated carbocycles. The van der Waals surface area contributed by atoms with Crippen LogP contribution in [0.2, 0.25) is 0 Å². The molecule has 256 valence electrons. The van der Waals surface area contributed by atoms with Crippen LogP contribution in [-0.4, -0.2) is 98.1 Å². The summed E-state index contributed by atoms with van der Waals surface area (Å²) in [5.74, 6) is -1.20. The fraction of sp³-hybridized carbons (Fsp3) is 0.514. The van der Waals surface area contributed by atoms with E-state index < -0.39 is 44.1 Å². The number of halogens is 2. The molecule has 1 aliphatic carbocycles. The van der Waals surface area contributed by atoms with Crippen LogP contribution in [-0.2, 0) is 20.0 Å². The van der Waals surface area contributed by atoms with Gasteiger partial charge in [-0.2, -0.15) is 5.26 Å². The molecule has 1 unspecified atom stereocenters. The van der Waals surface area contributed by atoms with Gasteiger partial charge in [-0.3, -0.25) is 9.69 Å². The van der Waals surface area contributed by atoms with Gasteiger partial charge in [0.1, 0.15) is 11.1 Å². The Morgan fingerprint density at radius 2 is 1.79 bits per heavy atom. The number of sulfone groups is 1. The van der Waals surface area contributed by atoms with E-state index in [0.717, 1.165) is 12.1 Å². The van der Waals surface area contributed by atoms with Crippen LogP contribution in [0.1, 0.15) is 37.7 Å². The summed E-state index contributed by atoms with van der Waals surface area (Å²) in [5.41, 5.74) is -1.24. The summed E-state index contributed by atoms with van der Waals surface area (Å²) >= 11 is 0. The van der Waals surface area contributed by atoms with Crippen LogP contribution < -0.4 is 10.2 Å². The van der Waals surface area contributed by atoms with Gasteiger partial charge in [-0.05, 0) is 92.7 Å². The van der Waals surface area contributed by atoms with E-state index in [1.165, 1.54) is 35.2 Å². The highest BCUT2D eigenvalue weighted by Crippen LogP contribution is 2.50. The number of rotatable bonds is 10. The second-order valence-corrected chi connectivity index (χ2v) is 16.0. The molecule has 0 spiro atoms. The Bertz CT molecular complexity index is 1700. The lowest BCUT2D eigenvalue weighted by Gasteiger charge is -2.50. The third-order valence-electron chi connectivity index (χ3n) is 10.9. The van der Waals surface area contributed by atoms with E-state index >= 15 is 4.39 Å². The van der Waals surface area contributed by atoms with Gasteiger partial charge in [0.25, 0.3) is 0 Å². The number of likely N-dealkylation sites (tertiary alicyclic amines) is 2. The molecule has 3 aliphatic heterocycles. The first-order chi connectivity index (χ1) is 22.9. The maximum Gasteiger partial charge on any atom is 0.404 e. The van der Waals surface area contributed by atoms with Gasteiger partial charge in [-0.15, -0.1) is 0 Å². The largest absolute Gasteiger partial charge is 0.465 e. The normalized spacial score (nSPS) is 24.5. The van der Waals surface area contributed by atoms with Crippen LogP contribution in [0.15, 0.2) is 66.1 Å². The number of carbonyl (C=O) groups excluding carboxylic acids is 1. The summed E-state index contributed by atoms with van der Waals surface area (Å²) in [4.78, 5) is 28.8. The molecule has 6 rings (SSSR count). The van der Waals surface area contributed by atoms with E-state index in [2.05, 4.69) is 22.9 Å². The molecule has 2 amide bonds. The monoisotopic (exact) mass is 681 g/mol. The van der Waals surface area contributed by atoms with Crippen molar-refractivity contribution in [1.82, 2.24) is 15.1 Å². The highest BCUT2D eigenvalue weighted by atomic mass is 32.2. The van der Waals surface area contributed by atoms with Gasteiger partial charge in [-0.1, -0.05) is 25.1 Å². The first-order valence-corrected chi connectivity index (χ1v) is 18.0. The summed E-state index contributed by atoms with van der Waals surface area (Å²) in [6.45, 7) is 5.36. The Labute approximate surface area is 279 Å². The minimum absolute atomic E-state index is 0.133. The zero-order valence-electron chi connectivity index (χ0n) is 26.7. The number of alkyl halides is 1. The van der Waals surface area contributed by atoms with Crippen LogP contribution in [0.5, 0.6) is 0 Å². The lowest BCUT2D eigenvalue weighted by molar-refractivity contribution is -0.129.